The Bertz CT molecular complexity index is 891. The fourth-order valence-electron chi connectivity index (χ4n) is 2.20. The van der Waals surface area contributed by atoms with Crippen molar-refractivity contribution in [3.63, 3.8) is 0 Å². The fourth-order valence-corrected chi connectivity index (χ4v) is 2.20. The van der Waals surface area contributed by atoms with Crippen LogP contribution in [0.25, 0.3) is 6.08 Å². The van der Waals surface area contributed by atoms with E-state index in [0.29, 0.717) is 11.5 Å². The number of aliphatic imine (C=N–C) groups is 1. The number of rotatable bonds is 2. The van der Waals surface area contributed by atoms with Crippen LogP contribution in [0.3, 0.4) is 0 Å². The predicted molar refractivity (Wildman–Crippen MR) is 90.9 cm³/mol. The first-order chi connectivity index (χ1) is 11.3. The van der Waals surface area contributed by atoms with Gasteiger partial charge >= 0.3 is 0 Å². The van der Waals surface area contributed by atoms with Gasteiger partial charge in [-0.15, -0.1) is 6.42 Å². The van der Waals surface area contributed by atoms with Crippen molar-refractivity contribution in [3.8, 4) is 24.3 Å². The van der Waals surface area contributed by atoms with Gasteiger partial charge in [-0.1, -0.05) is 60.7 Å². The third kappa shape index (κ3) is 3.05. The normalized spacial score (nSPS) is 14.9. The van der Waals surface area contributed by atoms with Crippen LogP contribution in [0, 0.1) is 24.3 Å². The van der Waals surface area contributed by atoms with E-state index < -0.39 is 0 Å². The smallest absolute Gasteiger partial charge is 0.266 e. The summed E-state index contributed by atoms with van der Waals surface area (Å²) >= 11 is 0. The lowest BCUT2D eigenvalue weighted by Crippen LogP contribution is -2.27. The van der Waals surface area contributed by atoms with Crippen LogP contribution in [0.1, 0.15) is 11.1 Å². The molecule has 1 amide bonds. The molecule has 2 aromatic carbocycles. The van der Waals surface area contributed by atoms with Gasteiger partial charge in [0, 0.05) is 17.5 Å². The third-order valence-corrected chi connectivity index (χ3v) is 3.24. The molecule has 0 fully saturated rings. The lowest BCUT2D eigenvalue weighted by atomic mass is 10.2. The van der Waals surface area contributed by atoms with Gasteiger partial charge in [-0.2, -0.15) is 0 Å². The highest BCUT2D eigenvalue weighted by molar-refractivity contribution is 6.21. The molecule has 0 atom stereocenters. The number of carbonyl (C=O) groups is 1. The van der Waals surface area contributed by atoms with Gasteiger partial charge in [0.15, 0.2) is 5.84 Å². The minimum atomic E-state index is -0.282. The van der Waals surface area contributed by atoms with Crippen LogP contribution in [0.2, 0.25) is 0 Å². The molecule has 0 spiro atoms. The summed E-state index contributed by atoms with van der Waals surface area (Å²) in [6, 6.07) is 21.6. The summed E-state index contributed by atoms with van der Waals surface area (Å²) in [4.78, 5) is 18.3. The first kappa shape index (κ1) is 14.4. The maximum Gasteiger partial charge on any atom is 0.290 e. The molecule has 0 aromatic heterocycles. The SMILES string of the molecule is C#CC#CN1C(=O)C(=Cc2ccccc2)N=C1c1ccccc1. The van der Waals surface area contributed by atoms with Crippen LogP contribution in [0.15, 0.2) is 71.4 Å². The zero-order valence-electron chi connectivity index (χ0n) is 12.2. The minimum absolute atomic E-state index is 0.282. The lowest BCUT2D eigenvalue weighted by Gasteiger charge is -2.09. The zero-order valence-corrected chi connectivity index (χ0v) is 12.2. The van der Waals surface area contributed by atoms with Gasteiger partial charge in [0.05, 0.1) is 0 Å². The third-order valence-electron chi connectivity index (χ3n) is 3.24. The quantitative estimate of drug-likeness (QED) is 0.619. The summed E-state index contributed by atoms with van der Waals surface area (Å²) in [6.45, 7) is 0. The number of amides is 1. The van der Waals surface area contributed by atoms with Crippen LogP contribution < -0.4 is 0 Å². The Morgan fingerprint density at radius 3 is 2.30 bits per heavy atom. The molecule has 1 aliphatic heterocycles. The van der Waals surface area contributed by atoms with E-state index in [2.05, 4.69) is 22.9 Å². The van der Waals surface area contributed by atoms with Crippen molar-refractivity contribution in [1.82, 2.24) is 4.90 Å². The van der Waals surface area contributed by atoms with Gasteiger partial charge in [0.1, 0.15) is 5.70 Å². The van der Waals surface area contributed by atoms with Crippen molar-refractivity contribution in [3.05, 3.63) is 77.5 Å². The Morgan fingerprint density at radius 2 is 1.65 bits per heavy atom. The van der Waals surface area contributed by atoms with Crippen molar-refractivity contribution in [2.45, 2.75) is 0 Å². The van der Waals surface area contributed by atoms with Crippen LogP contribution in [0.5, 0.6) is 0 Å². The van der Waals surface area contributed by atoms with E-state index in [1.54, 1.807) is 6.08 Å². The number of terminal acetylenes is 1. The lowest BCUT2D eigenvalue weighted by molar-refractivity contribution is -0.120. The van der Waals surface area contributed by atoms with E-state index in [9.17, 15) is 4.79 Å². The highest BCUT2D eigenvalue weighted by Crippen LogP contribution is 2.21. The summed E-state index contributed by atoms with van der Waals surface area (Å²) in [5.74, 6) is 4.91. The average Bonchev–Trinajstić information content (AvgIpc) is 2.91. The molecule has 0 radical (unpaired) electrons. The van der Waals surface area contributed by atoms with Crippen LogP contribution >= 0.6 is 0 Å². The Balaban J connectivity index is 2.07. The Hall–Kier alpha value is -3.56. The Kier molecular flexibility index (Phi) is 4.05. The van der Waals surface area contributed by atoms with E-state index in [1.165, 1.54) is 4.90 Å². The maximum atomic E-state index is 12.6. The number of benzene rings is 2. The molecule has 0 unspecified atom stereocenters. The fraction of sp³-hybridized carbons (Fsp3) is 0. The van der Waals surface area contributed by atoms with Gasteiger partial charge in [-0.05, 0) is 17.6 Å². The number of nitrogens with zero attached hydrogens (tertiary/aromatic N) is 2. The predicted octanol–water partition coefficient (Wildman–Crippen LogP) is 2.91. The van der Waals surface area contributed by atoms with Crippen molar-refractivity contribution < 1.29 is 4.79 Å². The number of hydrogen-bond donors (Lipinski definition) is 0. The van der Waals surface area contributed by atoms with Crippen LogP contribution in [0.4, 0.5) is 0 Å². The van der Waals surface area contributed by atoms with Gasteiger partial charge in [-0.25, -0.2) is 9.89 Å². The molecule has 3 rings (SSSR count). The van der Waals surface area contributed by atoms with E-state index in [0.717, 1.165) is 11.1 Å². The molecule has 108 valence electrons. The number of carbonyl (C=O) groups excluding carboxylic acids is 1. The number of hydrogen-bond acceptors (Lipinski definition) is 2. The minimum Gasteiger partial charge on any atom is -0.266 e. The van der Waals surface area contributed by atoms with E-state index in [-0.39, 0.29) is 5.91 Å². The second kappa shape index (κ2) is 6.47. The Morgan fingerprint density at radius 1 is 1.00 bits per heavy atom. The monoisotopic (exact) mass is 296 g/mol. The molecule has 0 bridgehead atoms. The van der Waals surface area contributed by atoms with Crippen molar-refractivity contribution in [2.24, 2.45) is 4.99 Å². The molecule has 3 nitrogen and oxygen atoms in total. The first-order valence-corrected chi connectivity index (χ1v) is 7.01. The first-order valence-electron chi connectivity index (χ1n) is 7.01. The summed E-state index contributed by atoms with van der Waals surface area (Å²) in [5.41, 5.74) is 2.05. The average molecular weight is 296 g/mol. The summed E-state index contributed by atoms with van der Waals surface area (Å²) in [5, 5.41) is 0. The molecule has 1 aliphatic rings. The maximum absolute atomic E-state index is 12.6. The molecule has 1 heterocycles. The molecule has 0 saturated heterocycles. The molecule has 23 heavy (non-hydrogen) atoms. The number of amidine groups is 1. The van der Waals surface area contributed by atoms with E-state index in [1.807, 2.05) is 60.7 Å². The van der Waals surface area contributed by atoms with Gasteiger partial charge < -0.3 is 0 Å². The van der Waals surface area contributed by atoms with Gasteiger partial charge in [0.25, 0.3) is 5.91 Å². The molecular formula is C20H12N2O. The van der Waals surface area contributed by atoms with Crippen molar-refractivity contribution in [2.75, 3.05) is 0 Å². The summed E-state index contributed by atoms with van der Waals surface area (Å²) in [6.07, 6.45) is 6.92. The summed E-state index contributed by atoms with van der Waals surface area (Å²) in [7, 11) is 0. The second-order valence-electron chi connectivity index (χ2n) is 4.76. The largest absolute Gasteiger partial charge is 0.290 e. The highest BCUT2D eigenvalue weighted by Gasteiger charge is 2.30. The standard InChI is InChI=1S/C20H12N2O/c1-2-3-14-22-19(17-12-8-5-9-13-17)21-18(20(22)23)15-16-10-6-4-7-11-16/h1,4-13,15H. The molecule has 0 saturated carbocycles. The molecule has 3 heteroatoms. The van der Waals surface area contributed by atoms with Crippen molar-refractivity contribution >= 4 is 17.8 Å². The summed E-state index contributed by atoms with van der Waals surface area (Å²) < 4.78 is 0. The molecule has 0 aliphatic carbocycles. The molecular weight excluding hydrogens is 284 g/mol. The van der Waals surface area contributed by atoms with E-state index in [4.69, 9.17) is 6.42 Å². The Labute approximate surface area is 135 Å². The van der Waals surface area contributed by atoms with Gasteiger partial charge in [0.2, 0.25) is 0 Å². The second-order valence-corrected chi connectivity index (χ2v) is 4.76. The molecule has 0 N–H and O–H groups in total. The van der Waals surface area contributed by atoms with Crippen LogP contribution in [-0.2, 0) is 4.79 Å². The van der Waals surface area contributed by atoms with Crippen molar-refractivity contribution in [1.29, 1.82) is 0 Å². The van der Waals surface area contributed by atoms with Crippen LogP contribution in [-0.4, -0.2) is 16.6 Å². The molecule has 2 aromatic rings. The van der Waals surface area contributed by atoms with E-state index >= 15 is 0 Å². The zero-order chi connectivity index (χ0) is 16.1. The topological polar surface area (TPSA) is 32.7 Å². The van der Waals surface area contributed by atoms with Gasteiger partial charge in [-0.3, -0.25) is 4.79 Å². The highest BCUT2D eigenvalue weighted by atomic mass is 16.2.